The summed E-state index contributed by atoms with van der Waals surface area (Å²) in [5.41, 5.74) is 1.19. The van der Waals surface area contributed by atoms with Crippen molar-refractivity contribution in [1.29, 1.82) is 0 Å². The molecular formula is C21H18ClN5S. The van der Waals surface area contributed by atoms with Gasteiger partial charge in [0.25, 0.3) is 0 Å². The van der Waals surface area contributed by atoms with Crippen molar-refractivity contribution >= 4 is 44.8 Å². The average Bonchev–Trinajstić information content (AvgIpc) is 3.18. The Balaban J connectivity index is 1.45. The molecule has 1 aliphatic rings. The van der Waals surface area contributed by atoms with Crippen molar-refractivity contribution in [2.24, 2.45) is 0 Å². The molecule has 0 N–H and O–H groups in total. The van der Waals surface area contributed by atoms with E-state index in [2.05, 4.69) is 61.1 Å². The van der Waals surface area contributed by atoms with Crippen LogP contribution in [0.5, 0.6) is 0 Å². The molecule has 0 bridgehead atoms. The summed E-state index contributed by atoms with van der Waals surface area (Å²) < 4.78 is 0. The molecule has 140 valence electrons. The zero-order chi connectivity index (χ0) is 18.9. The molecule has 0 atom stereocenters. The number of rotatable bonds is 3. The Morgan fingerprint density at radius 1 is 0.857 bits per heavy atom. The van der Waals surface area contributed by atoms with Crippen LogP contribution in [0.25, 0.3) is 20.7 Å². The van der Waals surface area contributed by atoms with Gasteiger partial charge in [-0.25, -0.2) is 9.97 Å². The molecule has 5 rings (SSSR count). The molecular weight excluding hydrogens is 390 g/mol. The number of anilines is 2. The number of pyridine rings is 1. The second-order valence-electron chi connectivity index (χ2n) is 6.67. The van der Waals surface area contributed by atoms with E-state index in [9.17, 15) is 0 Å². The third kappa shape index (κ3) is 3.30. The van der Waals surface area contributed by atoms with Crippen LogP contribution >= 0.6 is 22.9 Å². The standard InChI is InChI=1S/C21H18ClN5S/c22-21-24-19(27-12-10-26(11-13-27)18-8-4-5-9-23-18)16-14-17(28-20(16)25-21)15-6-2-1-3-7-15/h1-9,14H,10-13H2. The molecule has 7 heteroatoms. The number of piperazine rings is 1. The monoisotopic (exact) mass is 407 g/mol. The van der Waals surface area contributed by atoms with E-state index in [1.54, 1.807) is 11.3 Å². The van der Waals surface area contributed by atoms with Gasteiger partial charge in [-0.2, -0.15) is 4.98 Å². The van der Waals surface area contributed by atoms with Crippen molar-refractivity contribution in [1.82, 2.24) is 15.0 Å². The fourth-order valence-corrected chi connectivity index (χ4v) is 4.80. The second-order valence-corrected chi connectivity index (χ2v) is 8.04. The summed E-state index contributed by atoms with van der Waals surface area (Å²) in [6.45, 7) is 3.54. The van der Waals surface area contributed by atoms with Crippen molar-refractivity contribution in [3.05, 3.63) is 66.1 Å². The molecule has 1 fully saturated rings. The predicted molar refractivity (Wildman–Crippen MR) is 117 cm³/mol. The molecule has 5 nitrogen and oxygen atoms in total. The Morgan fingerprint density at radius 2 is 1.61 bits per heavy atom. The van der Waals surface area contributed by atoms with Gasteiger partial charge in [-0.1, -0.05) is 36.4 Å². The third-order valence-corrected chi connectivity index (χ3v) is 6.20. The molecule has 0 spiro atoms. The van der Waals surface area contributed by atoms with Crippen LogP contribution in [0.3, 0.4) is 0 Å². The molecule has 1 saturated heterocycles. The lowest BCUT2D eigenvalue weighted by Crippen LogP contribution is -2.47. The summed E-state index contributed by atoms with van der Waals surface area (Å²) in [7, 11) is 0. The normalized spacial score (nSPS) is 14.6. The van der Waals surface area contributed by atoms with Gasteiger partial charge in [0, 0.05) is 37.3 Å². The topological polar surface area (TPSA) is 45.2 Å². The van der Waals surface area contributed by atoms with Crippen molar-refractivity contribution in [2.75, 3.05) is 36.0 Å². The van der Waals surface area contributed by atoms with E-state index in [4.69, 9.17) is 11.6 Å². The Morgan fingerprint density at radius 3 is 2.36 bits per heavy atom. The molecule has 0 saturated carbocycles. The highest BCUT2D eigenvalue weighted by Gasteiger charge is 2.22. The first-order valence-corrected chi connectivity index (χ1v) is 10.4. The average molecular weight is 408 g/mol. The summed E-state index contributed by atoms with van der Waals surface area (Å²) >= 11 is 7.92. The highest BCUT2D eigenvalue weighted by molar-refractivity contribution is 7.22. The molecule has 1 aromatic carbocycles. The number of hydrogen-bond donors (Lipinski definition) is 0. The van der Waals surface area contributed by atoms with Gasteiger partial charge in [-0.15, -0.1) is 11.3 Å². The van der Waals surface area contributed by atoms with E-state index < -0.39 is 0 Å². The zero-order valence-corrected chi connectivity index (χ0v) is 16.7. The first-order chi connectivity index (χ1) is 13.8. The second kappa shape index (κ2) is 7.37. The van der Waals surface area contributed by atoms with E-state index >= 15 is 0 Å². The Bertz CT molecular complexity index is 1090. The molecule has 0 amide bonds. The summed E-state index contributed by atoms with van der Waals surface area (Å²) in [6, 6.07) is 18.6. The highest BCUT2D eigenvalue weighted by Crippen LogP contribution is 2.37. The zero-order valence-electron chi connectivity index (χ0n) is 15.1. The van der Waals surface area contributed by atoms with Crippen LogP contribution in [0.2, 0.25) is 5.28 Å². The van der Waals surface area contributed by atoms with E-state index in [0.29, 0.717) is 5.28 Å². The third-order valence-electron chi connectivity index (χ3n) is 4.96. The lowest BCUT2D eigenvalue weighted by molar-refractivity contribution is 0.643. The van der Waals surface area contributed by atoms with E-state index in [1.807, 2.05) is 24.4 Å². The Kier molecular flexibility index (Phi) is 4.58. The van der Waals surface area contributed by atoms with Crippen molar-refractivity contribution in [3.8, 4) is 10.4 Å². The van der Waals surface area contributed by atoms with Gasteiger partial charge >= 0.3 is 0 Å². The fourth-order valence-electron chi connectivity index (χ4n) is 3.55. The van der Waals surface area contributed by atoms with Crippen molar-refractivity contribution in [3.63, 3.8) is 0 Å². The number of nitrogens with zero attached hydrogens (tertiary/aromatic N) is 5. The number of hydrogen-bond acceptors (Lipinski definition) is 6. The minimum Gasteiger partial charge on any atom is -0.353 e. The van der Waals surface area contributed by atoms with Gasteiger partial charge in [0.1, 0.15) is 16.5 Å². The summed E-state index contributed by atoms with van der Waals surface area (Å²) in [5.74, 6) is 1.95. The van der Waals surface area contributed by atoms with Gasteiger partial charge in [0.05, 0.1) is 5.39 Å². The van der Waals surface area contributed by atoms with E-state index in [1.165, 1.54) is 10.4 Å². The number of thiophene rings is 1. The van der Waals surface area contributed by atoms with Gasteiger partial charge in [-0.3, -0.25) is 0 Å². The fraction of sp³-hybridized carbons (Fsp3) is 0.190. The summed E-state index contributed by atoms with van der Waals surface area (Å²) in [6.07, 6.45) is 1.84. The lowest BCUT2D eigenvalue weighted by Gasteiger charge is -2.36. The predicted octanol–water partition coefficient (Wildman–Crippen LogP) is 4.73. The largest absolute Gasteiger partial charge is 0.353 e. The maximum absolute atomic E-state index is 6.26. The maximum atomic E-state index is 6.26. The first-order valence-electron chi connectivity index (χ1n) is 9.21. The van der Waals surface area contributed by atoms with Gasteiger partial charge in [-0.05, 0) is 35.4 Å². The first kappa shape index (κ1) is 17.4. The molecule has 0 radical (unpaired) electrons. The van der Waals surface area contributed by atoms with Crippen LogP contribution in [-0.4, -0.2) is 41.1 Å². The molecule has 1 aliphatic heterocycles. The Hall–Kier alpha value is -2.70. The van der Waals surface area contributed by atoms with E-state index in [0.717, 1.165) is 48.0 Å². The summed E-state index contributed by atoms with van der Waals surface area (Å²) in [4.78, 5) is 20.2. The van der Waals surface area contributed by atoms with Crippen LogP contribution in [0.1, 0.15) is 0 Å². The molecule has 4 aromatic rings. The maximum Gasteiger partial charge on any atom is 0.225 e. The van der Waals surface area contributed by atoms with Crippen molar-refractivity contribution in [2.45, 2.75) is 0 Å². The van der Waals surface area contributed by atoms with Crippen LogP contribution < -0.4 is 9.80 Å². The van der Waals surface area contributed by atoms with Crippen molar-refractivity contribution < 1.29 is 0 Å². The number of benzene rings is 1. The number of halogens is 1. The van der Waals surface area contributed by atoms with Crippen LogP contribution in [0, 0.1) is 0 Å². The SMILES string of the molecule is Clc1nc(N2CCN(c3ccccn3)CC2)c2cc(-c3ccccc3)sc2n1. The summed E-state index contributed by atoms with van der Waals surface area (Å²) in [5, 5.41) is 1.37. The quantitative estimate of drug-likeness (QED) is 0.459. The van der Waals surface area contributed by atoms with E-state index in [-0.39, 0.29) is 0 Å². The smallest absolute Gasteiger partial charge is 0.225 e. The molecule has 0 aliphatic carbocycles. The lowest BCUT2D eigenvalue weighted by atomic mass is 10.2. The van der Waals surface area contributed by atoms with Crippen LogP contribution in [0.4, 0.5) is 11.6 Å². The minimum absolute atomic E-state index is 0.302. The molecule has 28 heavy (non-hydrogen) atoms. The molecule has 4 heterocycles. The van der Waals surface area contributed by atoms with Crippen LogP contribution in [0.15, 0.2) is 60.8 Å². The van der Waals surface area contributed by atoms with Gasteiger partial charge < -0.3 is 9.80 Å². The highest BCUT2D eigenvalue weighted by atomic mass is 35.5. The minimum atomic E-state index is 0.302. The number of fused-ring (bicyclic) bond motifs is 1. The number of aromatic nitrogens is 3. The van der Waals surface area contributed by atoms with Gasteiger partial charge in [0.2, 0.25) is 5.28 Å². The molecule has 3 aromatic heterocycles. The van der Waals surface area contributed by atoms with Gasteiger partial charge in [0.15, 0.2) is 0 Å². The molecule has 0 unspecified atom stereocenters. The van der Waals surface area contributed by atoms with Crippen LogP contribution in [-0.2, 0) is 0 Å². The Labute approximate surface area is 172 Å².